The summed E-state index contributed by atoms with van der Waals surface area (Å²) in [5.41, 5.74) is 0. The fourth-order valence-electron chi connectivity index (χ4n) is 2.82. The lowest BCUT2D eigenvalue weighted by Crippen LogP contribution is -2.42. The predicted octanol–water partition coefficient (Wildman–Crippen LogP) is 2.80. The molecule has 0 saturated carbocycles. The van der Waals surface area contributed by atoms with Crippen molar-refractivity contribution in [2.24, 2.45) is 11.8 Å². The van der Waals surface area contributed by atoms with Crippen LogP contribution in [0.3, 0.4) is 0 Å². The van der Waals surface area contributed by atoms with Crippen LogP contribution in [-0.4, -0.2) is 53.5 Å². The summed E-state index contributed by atoms with van der Waals surface area (Å²) in [4.78, 5) is 36.4. The summed E-state index contributed by atoms with van der Waals surface area (Å²) < 4.78 is 42.1. The van der Waals surface area contributed by atoms with Crippen LogP contribution in [-0.2, 0) is 19.1 Å². The Hall–Kier alpha value is -2.91. The minimum atomic E-state index is -1.24. The number of rotatable bonds is 7. The smallest absolute Gasteiger partial charge is 0.413 e. The molecule has 1 amide bonds. The van der Waals surface area contributed by atoms with Crippen molar-refractivity contribution >= 4 is 18.0 Å². The van der Waals surface area contributed by atoms with Crippen LogP contribution in [0, 0.1) is 23.5 Å². The van der Waals surface area contributed by atoms with Gasteiger partial charge in [-0.3, -0.25) is 9.69 Å². The van der Waals surface area contributed by atoms with Crippen molar-refractivity contribution < 1.29 is 42.5 Å². The number of carboxylic acids is 1. The van der Waals surface area contributed by atoms with Crippen LogP contribution in [0.4, 0.5) is 13.6 Å². The van der Waals surface area contributed by atoms with E-state index in [9.17, 15) is 28.3 Å². The van der Waals surface area contributed by atoms with Gasteiger partial charge in [0.05, 0.1) is 12.5 Å². The van der Waals surface area contributed by atoms with Crippen LogP contribution < -0.4 is 4.74 Å². The highest BCUT2D eigenvalue weighted by atomic mass is 19.2. The van der Waals surface area contributed by atoms with E-state index in [1.165, 1.54) is 19.1 Å². The van der Waals surface area contributed by atoms with E-state index < -0.39 is 53.8 Å². The van der Waals surface area contributed by atoms with Gasteiger partial charge in [-0.25, -0.2) is 14.0 Å². The van der Waals surface area contributed by atoms with Gasteiger partial charge in [0.25, 0.3) is 0 Å². The van der Waals surface area contributed by atoms with Crippen molar-refractivity contribution in [3.8, 4) is 5.75 Å². The molecule has 2 rings (SSSR count). The number of likely N-dealkylation sites (tertiary alicyclic amines) is 1. The first-order chi connectivity index (χ1) is 13.6. The Balaban J connectivity index is 1.97. The standard InChI is InChI=1S/C19H23F2NO7/c1-10(2)18(25)28-11(3)29-19(26)22-8-12(7-14(22)17(23)24)9-27-15-6-4-5-13(20)16(15)21/h4-6,10-12,14H,7-9H2,1-3H3,(H,23,24)/t11-,12-,14-/m0/s1. The molecule has 1 fully saturated rings. The van der Waals surface area contributed by atoms with Crippen LogP contribution in [0.2, 0.25) is 0 Å². The molecule has 1 N–H and O–H groups in total. The highest BCUT2D eigenvalue weighted by Crippen LogP contribution is 2.27. The van der Waals surface area contributed by atoms with Crippen LogP contribution in [0.15, 0.2) is 18.2 Å². The third-order valence-electron chi connectivity index (χ3n) is 4.32. The van der Waals surface area contributed by atoms with Gasteiger partial charge in [-0.05, 0) is 18.6 Å². The first kappa shape index (κ1) is 22.4. The second-order valence-electron chi connectivity index (χ2n) is 7.01. The zero-order valence-corrected chi connectivity index (χ0v) is 16.3. The van der Waals surface area contributed by atoms with Crippen molar-refractivity contribution in [2.75, 3.05) is 13.2 Å². The number of benzene rings is 1. The van der Waals surface area contributed by atoms with Gasteiger partial charge in [0.1, 0.15) is 6.04 Å². The Labute approximate surface area is 166 Å². The number of nitrogens with zero attached hydrogens (tertiary/aromatic N) is 1. The lowest BCUT2D eigenvalue weighted by Gasteiger charge is -2.23. The number of esters is 1. The first-order valence-electron chi connectivity index (χ1n) is 9.07. The molecule has 0 radical (unpaired) electrons. The summed E-state index contributed by atoms with van der Waals surface area (Å²) in [6.45, 7) is 4.43. The molecule has 0 aromatic heterocycles. The van der Waals surface area contributed by atoms with Crippen LogP contribution in [0.5, 0.6) is 5.75 Å². The second-order valence-corrected chi connectivity index (χ2v) is 7.01. The maximum atomic E-state index is 13.7. The molecule has 1 aromatic carbocycles. The van der Waals surface area contributed by atoms with Crippen LogP contribution in [0.25, 0.3) is 0 Å². The number of carboxylic acid groups (broad SMARTS) is 1. The van der Waals surface area contributed by atoms with Gasteiger partial charge in [0.15, 0.2) is 11.6 Å². The van der Waals surface area contributed by atoms with Crippen molar-refractivity contribution in [2.45, 2.75) is 39.5 Å². The minimum Gasteiger partial charge on any atom is -0.490 e. The molecule has 1 aliphatic rings. The molecule has 160 valence electrons. The molecule has 8 nitrogen and oxygen atoms in total. The third-order valence-corrected chi connectivity index (χ3v) is 4.32. The maximum Gasteiger partial charge on any atom is 0.413 e. The number of hydrogen-bond donors (Lipinski definition) is 1. The summed E-state index contributed by atoms with van der Waals surface area (Å²) in [7, 11) is 0. The largest absolute Gasteiger partial charge is 0.490 e. The average Bonchev–Trinajstić information content (AvgIpc) is 3.07. The third kappa shape index (κ3) is 5.78. The Kier molecular flexibility index (Phi) is 7.35. The van der Waals surface area contributed by atoms with Gasteiger partial charge in [-0.15, -0.1) is 0 Å². The molecule has 1 aromatic rings. The average molecular weight is 415 g/mol. The lowest BCUT2D eigenvalue weighted by atomic mass is 10.1. The Morgan fingerprint density at radius 3 is 2.52 bits per heavy atom. The number of carbonyl (C=O) groups is 3. The number of amides is 1. The Bertz CT molecular complexity index is 771. The molecule has 0 bridgehead atoms. The highest BCUT2D eigenvalue weighted by Gasteiger charge is 2.41. The topological polar surface area (TPSA) is 102 Å². The summed E-state index contributed by atoms with van der Waals surface area (Å²) in [6.07, 6.45) is -2.11. The second kappa shape index (κ2) is 9.53. The number of aliphatic carboxylic acids is 1. The molecule has 1 heterocycles. The maximum absolute atomic E-state index is 13.7. The zero-order valence-electron chi connectivity index (χ0n) is 16.3. The summed E-state index contributed by atoms with van der Waals surface area (Å²) in [5.74, 6) is -5.17. The Morgan fingerprint density at radius 2 is 1.90 bits per heavy atom. The van der Waals surface area contributed by atoms with Gasteiger partial charge < -0.3 is 19.3 Å². The number of hydrogen-bond acceptors (Lipinski definition) is 6. The van der Waals surface area contributed by atoms with E-state index >= 15 is 0 Å². The summed E-state index contributed by atoms with van der Waals surface area (Å²) in [5, 5.41) is 9.38. The monoisotopic (exact) mass is 415 g/mol. The van der Waals surface area contributed by atoms with Gasteiger partial charge in [-0.1, -0.05) is 19.9 Å². The predicted molar refractivity (Wildman–Crippen MR) is 95.0 cm³/mol. The van der Waals surface area contributed by atoms with E-state index in [0.29, 0.717) is 0 Å². The van der Waals surface area contributed by atoms with Crippen molar-refractivity contribution in [1.82, 2.24) is 4.90 Å². The summed E-state index contributed by atoms with van der Waals surface area (Å²) >= 11 is 0. The van der Waals surface area contributed by atoms with E-state index in [0.717, 1.165) is 11.0 Å². The van der Waals surface area contributed by atoms with Crippen LogP contribution in [0.1, 0.15) is 27.2 Å². The van der Waals surface area contributed by atoms with Gasteiger partial charge >= 0.3 is 18.0 Å². The molecule has 3 atom stereocenters. The first-order valence-corrected chi connectivity index (χ1v) is 9.07. The normalized spacial score (nSPS) is 19.7. The van der Waals surface area contributed by atoms with E-state index in [4.69, 9.17) is 14.2 Å². The van der Waals surface area contributed by atoms with Gasteiger partial charge in [-0.2, -0.15) is 4.39 Å². The molecule has 29 heavy (non-hydrogen) atoms. The van der Waals surface area contributed by atoms with Crippen molar-refractivity contribution in [1.29, 1.82) is 0 Å². The van der Waals surface area contributed by atoms with Crippen molar-refractivity contribution in [3.05, 3.63) is 29.8 Å². The zero-order chi connectivity index (χ0) is 21.7. The molecular formula is C19H23F2NO7. The molecule has 10 heteroatoms. The molecular weight excluding hydrogens is 392 g/mol. The molecule has 0 unspecified atom stereocenters. The molecule has 0 aliphatic carbocycles. The quantitative estimate of drug-likeness (QED) is 0.540. The SMILES string of the molecule is CC(C)C(=O)O[C@H](C)OC(=O)N1C[C@@H](COc2cccc(F)c2F)C[C@H]1C(=O)O. The molecule has 1 aliphatic heterocycles. The van der Waals surface area contributed by atoms with E-state index in [-0.39, 0.29) is 25.3 Å². The molecule has 1 saturated heterocycles. The fraction of sp³-hybridized carbons (Fsp3) is 0.526. The molecule has 0 spiro atoms. The van der Waals surface area contributed by atoms with Crippen LogP contribution >= 0.6 is 0 Å². The minimum absolute atomic E-state index is 0.0302. The number of ether oxygens (including phenoxy) is 3. The fourth-order valence-corrected chi connectivity index (χ4v) is 2.82. The summed E-state index contributed by atoms with van der Waals surface area (Å²) in [6, 6.07) is 2.30. The van der Waals surface area contributed by atoms with E-state index in [2.05, 4.69) is 0 Å². The van der Waals surface area contributed by atoms with E-state index in [1.54, 1.807) is 13.8 Å². The Morgan fingerprint density at radius 1 is 1.21 bits per heavy atom. The lowest BCUT2D eigenvalue weighted by molar-refractivity contribution is -0.170. The van der Waals surface area contributed by atoms with E-state index in [1.807, 2.05) is 0 Å². The van der Waals surface area contributed by atoms with Crippen molar-refractivity contribution in [3.63, 3.8) is 0 Å². The van der Waals surface area contributed by atoms with Gasteiger partial charge in [0, 0.05) is 19.4 Å². The highest BCUT2D eigenvalue weighted by molar-refractivity contribution is 5.81. The van der Waals surface area contributed by atoms with Gasteiger partial charge in [0.2, 0.25) is 12.1 Å². The number of halogens is 2. The number of carbonyl (C=O) groups excluding carboxylic acids is 2.